The first-order valence-corrected chi connectivity index (χ1v) is 7.50. The number of likely N-dealkylation sites (N-methyl/N-ethyl adjacent to an activating group) is 1. The minimum Gasteiger partial charge on any atom is -0.312 e. The third-order valence-electron chi connectivity index (χ3n) is 3.50. The molecule has 19 heavy (non-hydrogen) atoms. The van der Waals surface area contributed by atoms with Crippen LogP contribution >= 0.6 is 0 Å². The van der Waals surface area contributed by atoms with E-state index < -0.39 is 0 Å². The van der Waals surface area contributed by atoms with Gasteiger partial charge < -0.3 is 10.2 Å². The number of hydrogen-bond donors (Lipinski definition) is 1. The summed E-state index contributed by atoms with van der Waals surface area (Å²) < 4.78 is 0. The van der Waals surface area contributed by atoms with Crippen molar-refractivity contribution in [3.63, 3.8) is 0 Å². The summed E-state index contributed by atoms with van der Waals surface area (Å²) in [5.41, 5.74) is 2.75. The summed E-state index contributed by atoms with van der Waals surface area (Å²) in [7, 11) is 2.21. The van der Waals surface area contributed by atoms with Crippen LogP contribution in [0.5, 0.6) is 0 Å². The van der Waals surface area contributed by atoms with Crippen molar-refractivity contribution in [3.8, 4) is 0 Å². The molecule has 1 unspecified atom stereocenters. The van der Waals surface area contributed by atoms with E-state index in [0.717, 1.165) is 19.6 Å². The second-order valence-corrected chi connectivity index (χ2v) is 5.99. The van der Waals surface area contributed by atoms with Gasteiger partial charge in [-0.25, -0.2) is 0 Å². The Hall–Kier alpha value is -0.860. The Labute approximate surface area is 119 Å². The fourth-order valence-corrected chi connectivity index (χ4v) is 2.36. The zero-order valence-corrected chi connectivity index (χ0v) is 13.2. The monoisotopic (exact) mass is 262 g/mol. The lowest BCUT2D eigenvalue weighted by molar-refractivity contribution is 0.248. The van der Waals surface area contributed by atoms with Crippen molar-refractivity contribution in [3.05, 3.63) is 35.4 Å². The minimum absolute atomic E-state index is 0.578. The van der Waals surface area contributed by atoms with E-state index in [4.69, 9.17) is 0 Å². The number of nitrogens with zero attached hydrogens (tertiary/aromatic N) is 1. The van der Waals surface area contributed by atoms with Crippen molar-refractivity contribution in [1.29, 1.82) is 0 Å². The molecule has 1 N–H and O–H groups in total. The molecular formula is C17H30N2. The Balaban J connectivity index is 2.50. The minimum atomic E-state index is 0.578. The summed E-state index contributed by atoms with van der Waals surface area (Å²) in [6.45, 7) is 12.2. The van der Waals surface area contributed by atoms with Gasteiger partial charge in [-0.3, -0.25) is 0 Å². The predicted molar refractivity (Wildman–Crippen MR) is 84.4 cm³/mol. The molecule has 1 rings (SSSR count). The van der Waals surface area contributed by atoms with E-state index in [0.29, 0.717) is 12.0 Å². The zero-order chi connectivity index (χ0) is 14.3. The van der Waals surface area contributed by atoms with Crippen LogP contribution in [0.2, 0.25) is 0 Å². The van der Waals surface area contributed by atoms with E-state index in [1.807, 2.05) is 0 Å². The summed E-state index contributed by atoms with van der Waals surface area (Å²) in [4.78, 5) is 2.42. The largest absolute Gasteiger partial charge is 0.312 e. The topological polar surface area (TPSA) is 15.3 Å². The van der Waals surface area contributed by atoms with Gasteiger partial charge in [0.25, 0.3) is 0 Å². The van der Waals surface area contributed by atoms with Crippen molar-refractivity contribution in [2.45, 2.75) is 46.7 Å². The number of nitrogens with one attached hydrogen (secondary N) is 1. The highest BCUT2D eigenvalue weighted by atomic mass is 15.1. The van der Waals surface area contributed by atoms with Crippen LogP contribution in [0.4, 0.5) is 0 Å². The fraction of sp³-hybridized carbons (Fsp3) is 0.647. The Bertz CT molecular complexity index is 360. The van der Waals surface area contributed by atoms with Gasteiger partial charge in [0.05, 0.1) is 0 Å². The second kappa shape index (κ2) is 8.34. The number of rotatable bonds is 8. The van der Waals surface area contributed by atoms with Crippen molar-refractivity contribution >= 4 is 0 Å². The molecule has 0 aliphatic carbocycles. The first kappa shape index (κ1) is 16.2. The van der Waals surface area contributed by atoms with Crippen LogP contribution in [0, 0.1) is 12.8 Å². The van der Waals surface area contributed by atoms with Gasteiger partial charge in [-0.15, -0.1) is 0 Å². The van der Waals surface area contributed by atoms with Crippen molar-refractivity contribution in [2.24, 2.45) is 5.92 Å². The molecular weight excluding hydrogens is 232 g/mol. The molecule has 1 atom stereocenters. The van der Waals surface area contributed by atoms with Crippen LogP contribution in [0.1, 0.15) is 38.3 Å². The molecule has 1 aromatic carbocycles. The van der Waals surface area contributed by atoms with Crippen LogP contribution in [0.25, 0.3) is 0 Å². The van der Waals surface area contributed by atoms with E-state index in [9.17, 15) is 0 Å². The molecule has 2 nitrogen and oxygen atoms in total. The Morgan fingerprint density at radius 2 is 2.00 bits per heavy atom. The molecule has 0 spiro atoms. The third kappa shape index (κ3) is 6.22. The highest BCUT2D eigenvalue weighted by molar-refractivity contribution is 5.22. The molecule has 0 saturated carbocycles. The van der Waals surface area contributed by atoms with Gasteiger partial charge >= 0.3 is 0 Å². The van der Waals surface area contributed by atoms with Gasteiger partial charge in [-0.2, -0.15) is 0 Å². The molecule has 0 aliphatic heterocycles. The molecule has 2 heteroatoms. The maximum atomic E-state index is 3.66. The van der Waals surface area contributed by atoms with Crippen LogP contribution < -0.4 is 5.32 Å². The number of aryl methyl sites for hydroxylation is 1. The van der Waals surface area contributed by atoms with Crippen LogP contribution in [-0.4, -0.2) is 31.1 Å². The summed E-state index contributed by atoms with van der Waals surface area (Å²) >= 11 is 0. The molecule has 0 bridgehead atoms. The van der Waals surface area contributed by atoms with E-state index in [2.05, 4.69) is 69.2 Å². The fourth-order valence-electron chi connectivity index (χ4n) is 2.36. The van der Waals surface area contributed by atoms with Crippen LogP contribution in [0.3, 0.4) is 0 Å². The summed E-state index contributed by atoms with van der Waals surface area (Å²) in [6, 6.07) is 9.37. The average molecular weight is 262 g/mol. The van der Waals surface area contributed by atoms with Gasteiger partial charge in [0, 0.05) is 19.1 Å². The van der Waals surface area contributed by atoms with E-state index in [-0.39, 0.29) is 0 Å². The molecule has 0 aliphatic rings. The number of hydrogen-bond acceptors (Lipinski definition) is 2. The van der Waals surface area contributed by atoms with E-state index in [1.165, 1.54) is 17.5 Å². The lowest BCUT2D eigenvalue weighted by Crippen LogP contribution is -2.43. The molecule has 108 valence electrons. The summed E-state index contributed by atoms with van der Waals surface area (Å²) in [5.74, 6) is 0.673. The Morgan fingerprint density at radius 3 is 2.58 bits per heavy atom. The van der Waals surface area contributed by atoms with E-state index >= 15 is 0 Å². The third-order valence-corrected chi connectivity index (χ3v) is 3.50. The second-order valence-electron chi connectivity index (χ2n) is 5.99. The molecule has 0 aromatic heterocycles. The van der Waals surface area contributed by atoms with Gasteiger partial charge in [-0.05, 0) is 38.4 Å². The maximum Gasteiger partial charge on any atom is 0.0231 e. The SMILES string of the molecule is CCCNC(CN(C)Cc1cccc(C)c1)C(C)C. The molecule has 1 aromatic rings. The average Bonchev–Trinajstić information content (AvgIpc) is 2.34. The Morgan fingerprint density at radius 1 is 1.26 bits per heavy atom. The lowest BCUT2D eigenvalue weighted by atomic mass is 10.0. The lowest BCUT2D eigenvalue weighted by Gasteiger charge is -2.28. The summed E-state index contributed by atoms with van der Waals surface area (Å²) in [5, 5.41) is 3.66. The maximum absolute atomic E-state index is 3.66. The van der Waals surface area contributed by atoms with Gasteiger partial charge in [0.1, 0.15) is 0 Å². The predicted octanol–water partition coefficient (Wildman–Crippen LogP) is 3.45. The molecule has 0 saturated heterocycles. The van der Waals surface area contributed by atoms with Gasteiger partial charge in [0.15, 0.2) is 0 Å². The van der Waals surface area contributed by atoms with Gasteiger partial charge in [0.2, 0.25) is 0 Å². The standard InChI is InChI=1S/C17H30N2/c1-6-10-18-17(14(2)3)13-19(5)12-16-9-7-8-15(4)11-16/h7-9,11,14,17-18H,6,10,12-13H2,1-5H3. The van der Waals surface area contributed by atoms with Crippen molar-refractivity contribution in [1.82, 2.24) is 10.2 Å². The first-order valence-electron chi connectivity index (χ1n) is 7.50. The molecule has 0 fully saturated rings. The first-order chi connectivity index (χ1) is 9.02. The van der Waals surface area contributed by atoms with Crippen LogP contribution in [-0.2, 0) is 6.54 Å². The van der Waals surface area contributed by atoms with Crippen LogP contribution in [0.15, 0.2) is 24.3 Å². The Kier molecular flexibility index (Phi) is 7.11. The van der Waals surface area contributed by atoms with Crippen molar-refractivity contribution < 1.29 is 0 Å². The normalized spacial score (nSPS) is 13.2. The van der Waals surface area contributed by atoms with Gasteiger partial charge in [-0.1, -0.05) is 50.6 Å². The quantitative estimate of drug-likeness (QED) is 0.772. The van der Waals surface area contributed by atoms with Crippen molar-refractivity contribution in [2.75, 3.05) is 20.1 Å². The summed E-state index contributed by atoms with van der Waals surface area (Å²) in [6.07, 6.45) is 1.20. The molecule has 0 heterocycles. The zero-order valence-electron chi connectivity index (χ0n) is 13.2. The highest BCUT2D eigenvalue weighted by Crippen LogP contribution is 2.09. The number of benzene rings is 1. The van der Waals surface area contributed by atoms with E-state index in [1.54, 1.807) is 0 Å². The molecule has 0 amide bonds. The highest BCUT2D eigenvalue weighted by Gasteiger charge is 2.14. The smallest absolute Gasteiger partial charge is 0.0231 e. The molecule has 0 radical (unpaired) electrons.